The maximum absolute atomic E-state index is 14.2. The van der Waals surface area contributed by atoms with Crippen LogP contribution in [-0.4, -0.2) is 59.0 Å². The third-order valence-electron chi connectivity index (χ3n) is 6.41. The molecule has 1 aliphatic rings. The maximum Gasteiger partial charge on any atom is 0.408 e. The minimum Gasteiger partial charge on any atom is -0.444 e. The largest absolute Gasteiger partial charge is 0.444 e. The van der Waals surface area contributed by atoms with Gasteiger partial charge in [-0.3, -0.25) is 9.59 Å². The summed E-state index contributed by atoms with van der Waals surface area (Å²) in [6.45, 7) is 10.1. The fraction of sp³-hybridized carbons (Fsp3) is 0.679. The summed E-state index contributed by atoms with van der Waals surface area (Å²) in [5.41, 5.74) is 1.11. The molecule has 0 bridgehead atoms. The van der Waals surface area contributed by atoms with Crippen molar-refractivity contribution in [3.63, 3.8) is 0 Å². The number of benzene rings is 1. The molecule has 2 rings (SSSR count). The molecule has 0 aromatic heterocycles. The lowest BCUT2D eigenvalue weighted by molar-refractivity contribution is -0.147. The monoisotopic (exact) mass is 519 g/mol. The van der Waals surface area contributed by atoms with E-state index in [9.17, 15) is 14.4 Å². The second-order valence-electron chi connectivity index (χ2n) is 10.6. The number of unbranched alkanes of at least 4 members (excludes halogenated alkanes) is 2. The molecule has 1 fully saturated rings. The number of aryl methyl sites for hydroxylation is 1. The number of hydrogen-bond donors (Lipinski definition) is 2. The number of carbonyl (C=O) groups is 3. The summed E-state index contributed by atoms with van der Waals surface area (Å²) >= 11 is 1.61. The molecule has 1 saturated carbocycles. The number of hydrogen-bond acceptors (Lipinski definition) is 5. The Kier molecular flexibility index (Phi) is 12.1. The first-order valence-electron chi connectivity index (χ1n) is 13.2. The molecule has 2 atom stereocenters. The number of carbonyl (C=O) groups excluding carboxylic acids is 3. The molecule has 1 aromatic rings. The number of thioether (sulfide) groups is 1. The molecule has 7 nitrogen and oxygen atoms in total. The Morgan fingerprint density at radius 3 is 2.42 bits per heavy atom. The van der Waals surface area contributed by atoms with Gasteiger partial charge in [-0.2, -0.15) is 11.8 Å². The van der Waals surface area contributed by atoms with Gasteiger partial charge in [-0.05, 0) is 82.9 Å². The number of ether oxygens (including phenoxy) is 1. The standard InChI is InChI=1S/C28H45N3O4S/c1-7-8-11-18-29-25(32)24(22-16-10-9-13-20(22)2)31(21-14-12-15-21)26(33)23(17-19-36-6)30-27(34)35-28(3,4)5/h9-10,13,16,21,23-24H,7-8,11-12,14-15,17-19H2,1-6H3,(H,29,32)(H,30,34). The van der Waals surface area contributed by atoms with E-state index in [-0.39, 0.29) is 17.9 Å². The van der Waals surface area contributed by atoms with Crippen LogP contribution >= 0.6 is 11.8 Å². The highest BCUT2D eigenvalue weighted by Crippen LogP contribution is 2.35. The van der Waals surface area contributed by atoms with E-state index in [1.54, 1.807) is 37.4 Å². The molecule has 36 heavy (non-hydrogen) atoms. The van der Waals surface area contributed by atoms with Crippen LogP contribution in [-0.2, 0) is 14.3 Å². The van der Waals surface area contributed by atoms with Crippen LogP contribution in [0.4, 0.5) is 4.79 Å². The maximum atomic E-state index is 14.2. The van der Waals surface area contributed by atoms with Crippen molar-refractivity contribution in [2.45, 2.75) is 103 Å². The zero-order valence-electron chi connectivity index (χ0n) is 22.9. The van der Waals surface area contributed by atoms with E-state index in [2.05, 4.69) is 17.6 Å². The van der Waals surface area contributed by atoms with Gasteiger partial charge >= 0.3 is 6.09 Å². The molecule has 202 valence electrons. The van der Waals surface area contributed by atoms with Crippen molar-refractivity contribution in [3.8, 4) is 0 Å². The van der Waals surface area contributed by atoms with E-state index in [0.29, 0.717) is 18.7 Å². The second kappa shape index (κ2) is 14.5. The van der Waals surface area contributed by atoms with Crippen LogP contribution in [0.25, 0.3) is 0 Å². The zero-order valence-corrected chi connectivity index (χ0v) is 23.7. The van der Waals surface area contributed by atoms with Gasteiger partial charge in [0, 0.05) is 12.6 Å². The van der Waals surface area contributed by atoms with Crippen molar-refractivity contribution < 1.29 is 19.1 Å². The topological polar surface area (TPSA) is 87.7 Å². The Morgan fingerprint density at radius 1 is 1.17 bits per heavy atom. The highest BCUT2D eigenvalue weighted by atomic mass is 32.2. The predicted molar refractivity (Wildman–Crippen MR) is 147 cm³/mol. The highest BCUT2D eigenvalue weighted by Gasteiger charge is 2.42. The van der Waals surface area contributed by atoms with Gasteiger partial charge in [0.15, 0.2) is 0 Å². The van der Waals surface area contributed by atoms with E-state index in [4.69, 9.17) is 4.74 Å². The molecule has 1 aromatic carbocycles. The van der Waals surface area contributed by atoms with Crippen molar-refractivity contribution >= 4 is 29.7 Å². The molecule has 0 heterocycles. The van der Waals surface area contributed by atoms with Gasteiger partial charge in [-0.15, -0.1) is 0 Å². The molecule has 0 saturated heterocycles. The van der Waals surface area contributed by atoms with E-state index >= 15 is 0 Å². The molecular formula is C28H45N3O4S. The van der Waals surface area contributed by atoms with Crippen molar-refractivity contribution in [3.05, 3.63) is 35.4 Å². The summed E-state index contributed by atoms with van der Waals surface area (Å²) in [4.78, 5) is 42.2. The Hall–Kier alpha value is -2.22. The molecule has 3 amide bonds. The van der Waals surface area contributed by atoms with Crippen LogP contribution in [0.1, 0.15) is 89.8 Å². The number of nitrogens with one attached hydrogen (secondary N) is 2. The summed E-state index contributed by atoms with van der Waals surface area (Å²) in [6, 6.07) is 6.20. The lowest BCUT2D eigenvalue weighted by Gasteiger charge is -2.44. The molecule has 2 unspecified atom stereocenters. The highest BCUT2D eigenvalue weighted by molar-refractivity contribution is 7.98. The van der Waals surface area contributed by atoms with Crippen molar-refractivity contribution in [2.24, 2.45) is 0 Å². The minimum absolute atomic E-state index is 0.0410. The van der Waals surface area contributed by atoms with Gasteiger partial charge in [-0.1, -0.05) is 44.0 Å². The van der Waals surface area contributed by atoms with Crippen LogP contribution in [0.3, 0.4) is 0 Å². The summed E-state index contributed by atoms with van der Waals surface area (Å²) in [6.07, 6.45) is 7.52. The lowest BCUT2D eigenvalue weighted by atomic mass is 9.87. The fourth-order valence-electron chi connectivity index (χ4n) is 4.30. The fourth-order valence-corrected chi connectivity index (χ4v) is 4.77. The van der Waals surface area contributed by atoms with Crippen molar-refractivity contribution in [1.82, 2.24) is 15.5 Å². The number of nitrogens with zero attached hydrogens (tertiary/aromatic N) is 1. The Bertz CT molecular complexity index is 867. The average molecular weight is 520 g/mol. The smallest absolute Gasteiger partial charge is 0.408 e. The summed E-state index contributed by atoms with van der Waals surface area (Å²) < 4.78 is 5.46. The van der Waals surface area contributed by atoms with Crippen LogP contribution in [0, 0.1) is 6.92 Å². The third-order valence-corrected chi connectivity index (χ3v) is 7.06. The van der Waals surface area contributed by atoms with Crippen LogP contribution < -0.4 is 10.6 Å². The molecule has 0 spiro atoms. The summed E-state index contributed by atoms with van der Waals surface area (Å²) in [5.74, 6) is 0.307. The third kappa shape index (κ3) is 9.02. The average Bonchev–Trinajstić information content (AvgIpc) is 2.77. The number of amides is 3. The Balaban J connectivity index is 2.41. The second-order valence-corrected chi connectivity index (χ2v) is 11.6. The van der Waals surface area contributed by atoms with Crippen molar-refractivity contribution in [1.29, 1.82) is 0 Å². The minimum atomic E-state index is -0.771. The number of alkyl carbamates (subject to hydrolysis) is 1. The Labute approximate surface area is 221 Å². The normalized spacial score (nSPS) is 15.4. The van der Waals surface area contributed by atoms with Crippen LogP contribution in [0.5, 0.6) is 0 Å². The van der Waals surface area contributed by atoms with Gasteiger partial charge in [0.2, 0.25) is 11.8 Å². The first kappa shape index (κ1) is 30.0. The van der Waals surface area contributed by atoms with Gasteiger partial charge in [0.05, 0.1) is 0 Å². The van der Waals surface area contributed by atoms with Gasteiger partial charge in [0.1, 0.15) is 17.7 Å². The van der Waals surface area contributed by atoms with Gasteiger partial charge in [-0.25, -0.2) is 4.79 Å². The molecule has 0 radical (unpaired) electrons. The van der Waals surface area contributed by atoms with Crippen LogP contribution in [0.2, 0.25) is 0 Å². The number of rotatable bonds is 13. The summed E-state index contributed by atoms with van der Waals surface area (Å²) in [7, 11) is 0. The predicted octanol–water partition coefficient (Wildman–Crippen LogP) is 5.37. The van der Waals surface area contributed by atoms with Gasteiger partial charge in [0.25, 0.3) is 0 Å². The van der Waals surface area contributed by atoms with E-state index in [1.807, 2.05) is 37.4 Å². The van der Waals surface area contributed by atoms with E-state index < -0.39 is 23.8 Å². The van der Waals surface area contributed by atoms with E-state index in [0.717, 1.165) is 49.7 Å². The molecular weight excluding hydrogens is 474 g/mol. The molecule has 2 N–H and O–H groups in total. The molecule has 0 aliphatic heterocycles. The quantitative estimate of drug-likeness (QED) is 0.342. The first-order valence-corrected chi connectivity index (χ1v) is 14.6. The summed E-state index contributed by atoms with van der Waals surface area (Å²) in [5, 5.41) is 5.90. The first-order chi connectivity index (χ1) is 17.1. The van der Waals surface area contributed by atoms with Gasteiger partial charge < -0.3 is 20.3 Å². The SMILES string of the molecule is CCCCCNC(=O)C(c1ccccc1C)N(C(=O)C(CCSC)NC(=O)OC(C)(C)C)C1CCC1. The Morgan fingerprint density at radius 2 is 1.86 bits per heavy atom. The van der Waals surface area contributed by atoms with Crippen LogP contribution in [0.15, 0.2) is 24.3 Å². The molecule has 1 aliphatic carbocycles. The zero-order chi connectivity index (χ0) is 26.7. The van der Waals surface area contributed by atoms with E-state index in [1.165, 1.54) is 0 Å². The molecule has 8 heteroatoms. The van der Waals surface area contributed by atoms with Crippen molar-refractivity contribution in [2.75, 3.05) is 18.6 Å². The lowest BCUT2D eigenvalue weighted by Crippen LogP contribution is -2.57.